The highest BCUT2D eigenvalue weighted by Crippen LogP contribution is 2.18. The maximum absolute atomic E-state index is 5.70. The molecule has 0 aromatic heterocycles. The first-order chi connectivity index (χ1) is 6.81. The third-order valence-corrected chi connectivity index (χ3v) is 3.21. The second-order valence-electron chi connectivity index (χ2n) is 4.10. The number of morpholine rings is 1. The van der Waals surface area contributed by atoms with Crippen LogP contribution in [-0.4, -0.2) is 49.3 Å². The smallest absolute Gasteiger partial charge is 0.0753 e. The molecule has 2 fully saturated rings. The lowest BCUT2D eigenvalue weighted by Crippen LogP contribution is -2.59. The molecule has 2 rings (SSSR count). The number of nitrogens with one attached hydrogen (secondary N) is 1. The molecule has 0 aromatic rings. The monoisotopic (exact) mass is 194 g/mol. The van der Waals surface area contributed by atoms with Crippen molar-refractivity contribution in [1.82, 2.24) is 10.2 Å². The van der Waals surface area contributed by atoms with Crippen molar-refractivity contribution >= 4 is 0 Å². The van der Waals surface area contributed by atoms with Gasteiger partial charge in [0.15, 0.2) is 0 Å². The van der Waals surface area contributed by atoms with Gasteiger partial charge in [0.25, 0.3) is 0 Å². The average molecular weight is 194 g/mol. The fraction of sp³-hybridized carbons (Fsp3) is 0.818. The van der Waals surface area contributed by atoms with Gasteiger partial charge in [-0.15, -0.1) is 6.42 Å². The predicted octanol–water partition coefficient (Wildman–Crippen LogP) is 0.0708. The maximum Gasteiger partial charge on any atom is 0.0753 e. The van der Waals surface area contributed by atoms with Gasteiger partial charge in [0.1, 0.15) is 0 Å². The molecule has 2 heterocycles. The van der Waals surface area contributed by atoms with Gasteiger partial charge in [-0.25, -0.2) is 0 Å². The van der Waals surface area contributed by atoms with E-state index in [9.17, 15) is 0 Å². The maximum atomic E-state index is 5.70. The number of rotatable bonds is 1. The molecule has 3 nitrogen and oxygen atoms in total. The zero-order valence-electron chi connectivity index (χ0n) is 8.70. The third kappa shape index (κ3) is 1.93. The second-order valence-corrected chi connectivity index (χ2v) is 4.10. The lowest BCUT2D eigenvalue weighted by molar-refractivity contribution is -0.0457. The predicted molar refractivity (Wildman–Crippen MR) is 56.0 cm³/mol. The number of hydrogen-bond donors (Lipinski definition) is 1. The van der Waals surface area contributed by atoms with E-state index in [-0.39, 0.29) is 6.04 Å². The molecule has 0 saturated carbocycles. The van der Waals surface area contributed by atoms with E-state index in [1.54, 1.807) is 0 Å². The lowest BCUT2D eigenvalue weighted by atomic mass is 9.99. The van der Waals surface area contributed by atoms with Crippen LogP contribution in [-0.2, 0) is 4.74 Å². The fourth-order valence-electron chi connectivity index (χ4n) is 2.26. The summed E-state index contributed by atoms with van der Waals surface area (Å²) in [4.78, 5) is 2.35. The molecular formula is C11H18N2O. The molecule has 1 N–H and O–H groups in total. The first-order valence-electron chi connectivity index (χ1n) is 5.36. The van der Waals surface area contributed by atoms with Gasteiger partial charge in [-0.1, -0.05) is 5.92 Å². The van der Waals surface area contributed by atoms with E-state index < -0.39 is 0 Å². The van der Waals surface area contributed by atoms with Crippen molar-refractivity contribution in [2.75, 3.05) is 26.2 Å². The molecule has 3 atom stereocenters. The summed E-state index contributed by atoms with van der Waals surface area (Å²) in [5.74, 6) is 2.79. The molecule has 78 valence electrons. The Hall–Kier alpha value is -0.560. The van der Waals surface area contributed by atoms with Gasteiger partial charge in [-0.2, -0.15) is 0 Å². The highest BCUT2D eigenvalue weighted by Gasteiger charge is 2.32. The SMILES string of the molecule is C#CC(C)N1CCC2OCCNC2C1. The molecule has 3 heteroatoms. The van der Waals surface area contributed by atoms with Crippen molar-refractivity contribution in [3.8, 4) is 12.3 Å². The molecule has 2 aliphatic rings. The highest BCUT2D eigenvalue weighted by atomic mass is 16.5. The lowest BCUT2D eigenvalue weighted by Gasteiger charge is -2.42. The fourth-order valence-corrected chi connectivity index (χ4v) is 2.26. The largest absolute Gasteiger partial charge is 0.375 e. The summed E-state index contributed by atoms with van der Waals surface area (Å²) in [6.45, 7) is 6.00. The topological polar surface area (TPSA) is 24.5 Å². The van der Waals surface area contributed by atoms with Crippen LogP contribution in [0, 0.1) is 12.3 Å². The van der Waals surface area contributed by atoms with Crippen molar-refractivity contribution in [3.05, 3.63) is 0 Å². The van der Waals surface area contributed by atoms with Crippen LogP contribution in [0.15, 0.2) is 0 Å². The Morgan fingerprint density at radius 3 is 3.29 bits per heavy atom. The molecule has 0 aromatic carbocycles. The molecule has 0 aliphatic carbocycles. The average Bonchev–Trinajstić information content (AvgIpc) is 2.27. The number of ether oxygens (including phenoxy) is 1. The molecule has 3 unspecified atom stereocenters. The normalized spacial score (nSPS) is 35.7. The summed E-state index contributed by atoms with van der Waals surface area (Å²) in [5, 5.41) is 3.49. The van der Waals surface area contributed by atoms with Crippen LogP contribution in [0.25, 0.3) is 0 Å². The van der Waals surface area contributed by atoms with E-state index in [2.05, 4.69) is 23.1 Å². The summed E-state index contributed by atoms with van der Waals surface area (Å²) in [5.41, 5.74) is 0. The van der Waals surface area contributed by atoms with Crippen LogP contribution in [0.1, 0.15) is 13.3 Å². The minimum atomic E-state index is 0.250. The second kappa shape index (κ2) is 4.31. The van der Waals surface area contributed by atoms with Gasteiger partial charge in [-0.3, -0.25) is 4.90 Å². The minimum absolute atomic E-state index is 0.250. The van der Waals surface area contributed by atoms with Crippen LogP contribution in [0.5, 0.6) is 0 Å². The Bertz CT molecular complexity index is 236. The summed E-state index contributed by atoms with van der Waals surface area (Å²) >= 11 is 0. The van der Waals surface area contributed by atoms with E-state index in [0.717, 1.165) is 32.7 Å². The molecule has 0 amide bonds. The number of nitrogens with zero attached hydrogens (tertiary/aromatic N) is 1. The van der Waals surface area contributed by atoms with Gasteiger partial charge in [0.05, 0.1) is 18.8 Å². The van der Waals surface area contributed by atoms with Crippen molar-refractivity contribution in [2.24, 2.45) is 0 Å². The van der Waals surface area contributed by atoms with Gasteiger partial charge in [0, 0.05) is 25.7 Å². The van der Waals surface area contributed by atoms with E-state index in [0.29, 0.717) is 12.1 Å². The summed E-state index contributed by atoms with van der Waals surface area (Å²) < 4.78 is 5.70. The first kappa shape index (κ1) is 9.97. The van der Waals surface area contributed by atoms with Crippen LogP contribution >= 0.6 is 0 Å². The van der Waals surface area contributed by atoms with Crippen molar-refractivity contribution in [2.45, 2.75) is 31.5 Å². The molecule has 2 aliphatic heterocycles. The number of hydrogen-bond acceptors (Lipinski definition) is 3. The Kier molecular flexibility index (Phi) is 3.07. The van der Waals surface area contributed by atoms with Gasteiger partial charge in [-0.05, 0) is 13.3 Å². The van der Waals surface area contributed by atoms with E-state index in [1.165, 1.54) is 0 Å². The van der Waals surface area contributed by atoms with E-state index in [1.807, 2.05) is 0 Å². The quantitative estimate of drug-likeness (QED) is 0.598. The van der Waals surface area contributed by atoms with Gasteiger partial charge in [0.2, 0.25) is 0 Å². The molecule has 0 bridgehead atoms. The first-order valence-corrected chi connectivity index (χ1v) is 5.36. The number of terminal acetylenes is 1. The standard InChI is InChI=1S/C11H18N2O/c1-3-9(2)13-6-4-11-10(8-13)12-5-7-14-11/h1,9-12H,4-8H2,2H3. The third-order valence-electron chi connectivity index (χ3n) is 3.21. The van der Waals surface area contributed by atoms with Gasteiger partial charge >= 0.3 is 0 Å². The van der Waals surface area contributed by atoms with E-state index in [4.69, 9.17) is 11.2 Å². The highest BCUT2D eigenvalue weighted by molar-refractivity contribution is 5.00. The summed E-state index contributed by atoms with van der Waals surface area (Å²) in [7, 11) is 0. The summed E-state index contributed by atoms with van der Waals surface area (Å²) in [6.07, 6.45) is 6.94. The van der Waals surface area contributed by atoms with Crippen LogP contribution in [0.4, 0.5) is 0 Å². The van der Waals surface area contributed by atoms with E-state index >= 15 is 0 Å². The van der Waals surface area contributed by atoms with Crippen LogP contribution in [0.2, 0.25) is 0 Å². The van der Waals surface area contributed by atoms with Crippen LogP contribution in [0.3, 0.4) is 0 Å². The minimum Gasteiger partial charge on any atom is -0.375 e. The van der Waals surface area contributed by atoms with Crippen molar-refractivity contribution in [3.63, 3.8) is 0 Å². The number of piperidine rings is 1. The molecule has 2 saturated heterocycles. The Balaban J connectivity index is 1.93. The Morgan fingerprint density at radius 1 is 1.64 bits per heavy atom. The Labute approximate surface area is 85.8 Å². The molecule has 14 heavy (non-hydrogen) atoms. The molecule has 0 radical (unpaired) electrons. The molecular weight excluding hydrogens is 176 g/mol. The van der Waals surface area contributed by atoms with Crippen molar-refractivity contribution < 1.29 is 4.74 Å². The van der Waals surface area contributed by atoms with Crippen molar-refractivity contribution in [1.29, 1.82) is 0 Å². The number of fused-ring (bicyclic) bond motifs is 1. The van der Waals surface area contributed by atoms with Crippen LogP contribution < -0.4 is 5.32 Å². The summed E-state index contributed by atoms with van der Waals surface area (Å²) in [6, 6.07) is 0.730. The number of likely N-dealkylation sites (tertiary alicyclic amines) is 1. The van der Waals surface area contributed by atoms with Gasteiger partial charge < -0.3 is 10.1 Å². The Morgan fingerprint density at radius 2 is 2.50 bits per heavy atom. The zero-order valence-corrected chi connectivity index (χ0v) is 8.70. The zero-order chi connectivity index (χ0) is 9.97. The molecule has 0 spiro atoms.